The van der Waals surface area contributed by atoms with Gasteiger partial charge in [-0.05, 0) is 51.1 Å². The lowest BCUT2D eigenvalue weighted by Crippen LogP contribution is -2.15. The molecule has 1 atom stereocenters. The summed E-state index contributed by atoms with van der Waals surface area (Å²) in [5, 5.41) is 0. The largest absolute Gasteiger partial charge is 0.493 e. The summed E-state index contributed by atoms with van der Waals surface area (Å²) in [6.07, 6.45) is 0.739. The molecule has 164 valence electrons. The van der Waals surface area contributed by atoms with Crippen molar-refractivity contribution in [3.63, 3.8) is 0 Å². The van der Waals surface area contributed by atoms with Crippen molar-refractivity contribution in [2.24, 2.45) is 0 Å². The molecule has 3 heterocycles. The number of rotatable bonds is 5. The van der Waals surface area contributed by atoms with Crippen molar-refractivity contribution in [1.29, 1.82) is 0 Å². The summed E-state index contributed by atoms with van der Waals surface area (Å²) in [5.41, 5.74) is 5.56. The molecule has 1 aromatic carbocycles. The van der Waals surface area contributed by atoms with E-state index in [9.17, 15) is 8.78 Å². The number of methoxy groups -OCH3 is 1. The maximum atomic E-state index is 12.7. The highest BCUT2D eigenvalue weighted by Crippen LogP contribution is 2.36. The van der Waals surface area contributed by atoms with Gasteiger partial charge in [0, 0.05) is 34.6 Å². The van der Waals surface area contributed by atoms with Crippen molar-refractivity contribution in [2.45, 2.75) is 46.5 Å². The van der Waals surface area contributed by atoms with Gasteiger partial charge in [-0.2, -0.15) is 8.78 Å². The normalized spacial score (nSPS) is 16.2. The van der Waals surface area contributed by atoms with E-state index in [0.717, 1.165) is 46.1 Å². The number of pyridine rings is 1. The Balaban J connectivity index is 1.87. The van der Waals surface area contributed by atoms with Crippen LogP contribution in [-0.2, 0) is 17.7 Å². The van der Waals surface area contributed by atoms with Gasteiger partial charge >= 0.3 is 6.61 Å². The quantitative estimate of drug-likeness (QED) is 0.583. The first kappa shape index (κ1) is 21.2. The number of aryl methyl sites for hydroxylation is 2. The zero-order chi connectivity index (χ0) is 22.1. The molecule has 4 rings (SSSR count). The van der Waals surface area contributed by atoms with Crippen LogP contribution in [0.1, 0.15) is 24.0 Å². The fourth-order valence-corrected chi connectivity index (χ4v) is 4.03. The fourth-order valence-electron chi connectivity index (χ4n) is 4.03. The van der Waals surface area contributed by atoms with Crippen LogP contribution < -0.4 is 9.47 Å². The average molecular weight is 429 g/mol. The van der Waals surface area contributed by atoms with Gasteiger partial charge in [0.1, 0.15) is 5.82 Å². The maximum Gasteiger partial charge on any atom is 0.387 e. The lowest BCUT2D eigenvalue weighted by molar-refractivity contribution is -0.0512. The minimum absolute atomic E-state index is 0.0128. The van der Waals surface area contributed by atoms with Crippen molar-refractivity contribution in [3.8, 4) is 34.1 Å². The van der Waals surface area contributed by atoms with Gasteiger partial charge in [0.15, 0.2) is 11.5 Å². The number of nitrogens with zero attached hydrogens (tertiary/aromatic N) is 3. The molecule has 0 spiro atoms. The van der Waals surface area contributed by atoms with Crippen LogP contribution in [0, 0.1) is 13.8 Å². The highest BCUT2D eigenvalue weighted by atomic mass is 19.3. The first-order chi connectivity index (χ1) is 14.9. The third kappa shape index (κ3) is 4.39. The molecule has 0 fully saturated rings. The summed E-state index contributed by atoms with van der Waals surface area (Å²) >= 11 is 0. The molecule has 0 saturated heterocycles. The van der Waals surface area contributed by atoms with Gasteiger partial charge in [-0.1, -0.05) is 0 Å². The molecule has 0 aliphatic carbocycles. The van der Waals surface area contributed by atoms with Gasteiger partial charge in [-0.15, -0.1) is 0 Å². The van der Waals surface area contributed by atoms with Crippen LogP contribution in [0.25, 0.3) is 22.6 Å². The second-order valence-corrected chi connectivity index (χ2v) is 7.66. The van der Waals surface area contributed by atoms with Gasteiger partial charge < -0.3 is 18.8 Å². The second-order valence-electron chi connectivity index (χ2n) is 7.66. The molecule has 1 aliphatic rings. The summed E-state index contributed by atoms with van der Waals surface area (Å²) in [5.74, 6) is 0.947. The predicted octanol–water partition coefficient (Wildman–Crippen LogP) is 4.80. The Bertz CT molecular complexity index is 1080. The smallest absolute Gasteiger partial charge is 0.387 e. The van der Waals surface area contributed by atoms with Crippen LogP contribution in [0.4, 0.5) is 8.78 Å². The number of ether oxygens (including phenoxy) is 3. The number of fused-ring (bicyclic) bond motifs is 1. The standard InChI is InChI=1S/C23H25F2N3O3/c1-13-9-17(10-14(2)26-13)21-18-7-8-30-15(3)12-28(18)22(27-21)16-5-6-19(31-23(24)25)20(11-16)29-4/h5-6,9-11,15,23H,7-8,12H2,1-4H3/t15-/m1/s1. The predicted molar refractivity (Wildman–Crippen MR) is 113 cm³/mol. The van der Waals surface area contributed by atoms with Crippen LogP contribution in [0.5, 0.6) is 11.5 Å². The lowest BCUT2D eigenvalue weighted by atomic mass is 10.1. The summed E-state index contributed by atoms with van der Waals surface area (Å²) in [6, 6.07) is 8.93. The number of hydrogen-bond acceptors (Lipinski definition) is 5. The topological polar surface area (TPSA) is 58.4 Å². The number of imidazole rings is 1. The minimum atomic E-state index is -2.93. The van der Waals surface area contributed by atoms with Gasteiger partial charge in [0.25, 0.3) is 0 Å². The number of alkyl halides is 2. The molecule has 6 nitrogen and oxygen atoms in total. The Morgan fingerprint density at radius 2 is 1.81 bits per heavy atom. The number of hydrogen-bond donors (Lipinski definition) is 0. The Labute approximate surface area is 179 Å². The molecule has 0 saturated carbocycles. The van der Waals surface area contributed by atoms with Crippen molar-refractivity contribution in [2.75, 3.05) is 13.7 Å². The summed E-state index contributed by atoms with van der Waals surface area (Å²) < 4.78 is 43.3. The van der Waals surface area contributed by atoms with E-state index in [0.29, 0.717) is 13.2 Å². The number of benzene rings is 1. The highest BCUT2D eigenvalue weighted by Gasteiger charge is 2.25. The highest BCUT2D eigenvalue weighted by molar-refractivity contribution is 5.70. The van der Waals surface area contributed by atoms with Crippen molar-refractivity contribution in [1.82, 2.24) is 14.5 Å². The Morgan fingerprint density at radius 1 is 1.06 bits per heavy atom. The summed E-state index contributed by atoms with van der Waals surface area (Å²) in [7, 11) is 1.42. The third-order valence-corrected chi connectivity index (χ3v) is 5.25. The number of halogens is 2. The van der Waals surface area contributed by atoms with Gasteiger partial charge in [-0.3, -0.25) is 4.98 Å². The molecule has 0 unspecified atom stereocenters. The van der Waals surface area contributed by atoms with Crippen LogP contribution >= 0.6 is 0 Å². The van der Waals surface area contributed by atoms with E-state index in [1.165, 1.54) is 13.2 Å². The second kappa shape index (κ2) is 8.63. The monoisotopic (exact) mass is 429 g/mol. The van der Waals surface area contributed by atoms with Gasteiger partial charge in [-0.25, -0.2) is 4.98 Å². The first-order valence-electron chi connectivity index (χ1n) is 10.2. The fraction of sp³-hybridized carbons (Fsp3) is 0.391. The maximum absolute atomic E-state index is 12.7. The zero-order valence-electron chi connectivity index (χ0n) is 18.0. The van der Waals surface area contributed by atoms with E-state index in [4.69, 9.17) is 14.5 Å². The van der Waals surface area contributed by atoms with Crippen LogP contribution in [0.3, 0.4) is 0 Å². The molecule has 0 amide bonds. The van der Waals surface area contributed by atoms with E-state index in [2.05, 4.69) is 14.3 Å². The minimum Gasteiger partial charge on any atom is -0.493 e. The zero-order valence-corrected chi connectivity index (χ0v) is 18.0. The van der Waals surface area contributed by atoms with Gasteiger partial charge in [0.2, 0.25) is 0 Å². The molecule has 8 heteroatoms. The Kier molecular flexibility index (Phi) is 5.91. The third-order valence-electron chi connectivity index (χ3n) is 5.25. The van der Waals surface area contributed by atoms with Crippen molar-refractivity contribution >= 4 is 0 Å². The Hall–Kier alpha value is -3.00. The van der Waals surface area contributed by atoms with Crippen molar-refractivity contribution in [3.05, 3.63) is 47.4 Å². The molecule has 3 aromatic rings. The average Bonchev–Trinajstić information content (AvgIpc) is 2.94. The molecular formula is C23H25F2N3O3. The molecule has 1 aliphatic heterocycles. The van der Waals surface area contributed by atoms with Crippen LogP contribution in [0.2, 0.25) is 0 Å². The molecule has 0 bridgehead atoms. The van der Waals surface area contributed by atoms with Crippen LogP contribution in [0.15, 0.2) is 30.3 Å². The SMILES string of the molecule is COc1cc(-c2nc(-c3cc(C)nc(C)c3)c3n2C[C@@H](C)OCC3)ccc1OC(F)F. The molecule has 2 aromatic heterocycles. The van der Waals surface area contributed by atoms with E-state index in [1.54, 1.807) is 12.1 Å². The van der Waals surface area contributed by atoms with E-state index >= 15 is 0 Å². The molecule has 0 N–H and O–H groups in total. The lowest BCUT2D eigenvalue weighted by Gasteiger charge is -2.14. The van der Waals surface area contributed by atoms with Crippen molar-refractivity contribution < 1.29 is 23.0 Å². The molecule has 0 radical (unpaired) electrons. The first-order valence-corrected chi connectivity index (χ1v) is 10.2. The summed E-state index contributed by atoms with van der Waals surface area (Å²) in [6.45, 7) is 4.27. The van der Waals surface area contributed by atoms with E-state index in [1.807, 2.05) is 32.9 Å². The van der Waals surface area contributed by atoms with E-state index < -0.39 is 6.61 Å². The van der Waals surface area contributed by atoms with Crippen LogP contribution in [-0.4, -0.2) is 41.0 Å². The summed E-state index contributed by atoms with van der Waals surface area (Å²) in [4.78, 5) is 9.46. The Morgan fingerprint density at radius 3 is 2.48 bits per heavy atom. The molecular weight excluding hydrogens is 404 g/mol. The van der Waals surface area contributed by atoms with E-state index in [-0.39, 0.29) is 17.6 Å². The molecule has 31 heavy (non-hydrogen) atoms. The number of aromatic nitrogens is 3. The van der Waals surface area contributed by atoms with Gasteiger partial charge in [0.05, 0.1) is 32.1 Å².